The Labute approximate surface area is 125 Å². The largest absolute Gasteiger partial charge is 0.314 e. The molecule has 1 fully saturated rings. The highest BCUT2D eigenvalue weighted by Crippen LogP contribution is 2.59. The highest BCUT2D eigenvalue weighted by molar-refractivity contribution is 5.37. The number of hydrogen-bond acceptors (Lipinski definition) is 1. The first-order chi connectivity index (χ1) is 9.47. The molecule has 0 unspecified atom stereocenters. The van der Waals surface area contributed by atoms with Crippen LogP contribution in [0.2, 0.25) is 0 Å². The molecule has 1 aromatic rings. The Morgan fingerprint density at radius 2 is 1.70 bits per heavy atom. The molecule has 0 saturated heterocycles. The van der Waals surface area contributed by atoms with Crippen molar-refractivity contribution in [3.8, 4) is 0 Å². The van der Waals surface area contributed by atoms with E-state index in [2.05, 4.69) is 64.2 Å². The predicted octanol–water partition coefficient (Wildman–Crippen LogP) is 4.83. The summed E-state index contributed by atoms with van der Waals surface area (Å²) in [5, 5.41) is 3.70. The lowest BCUT2D eigenvalue weighted by Gasteiger charge is -2.57. The summed E-state index contributed by atoms with van der Waals surface area (Å²) >= 11 is 0. The summed E-state index contributed by atoms with van der Waals surface area (Å²) in [6.07, 6.45) is 5.33. The monoisotopic (exact) mass is 273 g/mol. The molecule has 1 aromatic carbocycles. The van der Waals surface area contributed by atoms with Crippen molar-refractivity contribution >= 4 is 0 Å². The van der Waals surface area contributed by atoms with Crippen molar-refractivity contribution in [3.63, 3.8) is 0 Å². The average molecular weight is 273 g/mol. The molecule has 1 heteroatoms. The molecule has 0 atom stereocenters. The summed E-state index contributed by atoms with van der Waals surface area (Å²) in [6.45, 7) is 12.6. The Balaban J connectivity index is 2.26. The second-order valence-electron chi connectivity index (χ2n) is 7.19. The van der Waals surface area contributed by atoms with Gasteiger partial charge in [-0.25, -0.2) is 0 Å². The molecule has 1 aliphatic carbocycles. The summed E-state index contributed by atoms with van der Waals surface area (Å²) in [5.41, 5.74) is 3.98. The van der Waals surface area contributed by atoms with Gasteiger partial charge in [-0.2, -0.15) is 0 Å². The minimum Gasteiger partial charge on any atom is -0.314 e. The van der Waals surface area contributed by atoms with Crippen LogP contribution in [0.5, 0.6) is 0 Å². The van der Waals surface area contributed by atoms with Crippen molar-refractivity contribution in [2.45, 2.75) is 71.8 Å². The van der Waals surface area contributed by atoms with E-state index >= 15 is 0 Å². The standard InChI is InChI=1S/C19H31N/c1-6-18(7-2)12-19(13-18,14-20-15(3)4)17-11-9-8-10-16(17)5/h8-11,15,20H,6-7,12-14H2,1-5H3. The van der Waals surface area contributed by atoms with Crippen molar-refractivity contribution in [1.82, 2.24) is 5.32 Å². The summed E-state index contributed by atoms with van der Waals surface area (Å²) in [4.78, 5) is 0. The molecule has 0 radical (unpaired) electrons. The van der Waals surface area contributed by atoms with Gasteiger partial charge >= 0.3 is 0 Å². The zero-order valence-electron chi connectivity index (χ0n) is 13.9. The molecule has 0 spiro atoms. The normalized spacial score (nSPS) is 19.9. The third-order valence-electron chi connectivity index (χ3n) is 5.49. The Morgan fingerprint density at radius 3 is 2.20 bits per heavy atom. The predicted molar refractivity (Wildman–Crippen MR) is 88.2 cm³/mol. The number of benzene rings is 1. The first kappa shape index (κ1) is 15.6. The third-order valence-corrected chi connectivity index (χ3v) is 5.49. The first-order valence-electron chi connectivity index (χ1n) is 8.26. The smallest absolute Gasteiger partial charge is 0.00910 e. The highest BCUT2D eigenvalue weighted by Gasteiger charge is 2.53. The fourth-order valence-corrected chi connectivity index (χ4v) is 4.11. The van der Waals surface area contributed by atoms with Crippen LogP contribution < -0.4 is 5.32 Å². The second kappa shape index (κ2) is 5.89. The van der Waals surface area contributed by atoms with E-state index in [-0.39, 0.29) is 0 Å². The van der Waals surface area contributed by atoms with Gasteiger partial charge in [-0.15, -0.1) is 0 Å². The van der Waals surface area contributed by atoms with Crippen LogP contribution in [0.15, 0.2) is 24.3 Å². The van der Waals surface area contributed by atoms with Gasteiger partial charge < -0.3 is 5.32 Å². The van der Waals surface area contributed by atoms with Crippen molar-refractivity contribution in [3.05, 3.63) is 35.4 Å². The SMILES string of the molecule is CCC1(CC)CC(CNC(C)C)(c2ccccc2C)C1. The van der Waals surface area contributed by atoms with Crippen LogP contribution in [-0.2, 0) is 5.41 Å². The van der Waals surface area contributed by atoms with Gasteiger partial charge in [-0.3, -0.25) is 0 Å². The maximum absolute atomic E-state index is 3.70. The fraction of sp³-hybridized carbons (Fsp3) is 0.684. The Morgan fingerprint density at radius 1 is 1.10 bits per heavy atom. The number of rotatable bonds is 6. The first-order valence-corrected chi connectivity index (χ1v) is 8.26. The van der Waals surface area contributed by atoms with Gasteiger partial charge in [0, 0.05) is 18.0 Å². The lowest BCUT2D eigenvalue weighted by molar-refractivity contribution is 0.0115. The van der Waals surface area contributed by atoms with Gasteiger partial charge in [0.1, 0.15) is 0 Å². The van der Waals surface area contributed by atoms with Gasteiger partial charge in [-0.05, 0) is 36.3 Å². The molecule has 2 rings (SSSR count). The van der Waals surface area contributed by atoms with Gasteiger partial charge in [0.2, 0.25) is 0 Å². The van der Waals surface area contributed by atoms with Gasteiger partial charge in [-0.1, -0.05) is 64.8 Å². The van der Waals surface area contributed by atoms with Crippen molar-refractivity contribution < 1.29 is 0 Å². The molecule has 1 nitrogen and oxygen atoms in total. The lowest BCUT2D eigenvalue weighted by atomic mass is 9.48. The van der Waals surface area contributed by atoms with Gasteiger partial charge in [0.25, 0.3) is 0 Å². The highest BCUT2D eigenvalue weighted by atomic mass is 14.9. The van der Waals surface area contributed by atoms with E-state index in [1.165, 1.54) is 31.2 Å². The number of hydrogen-bond donors (Lipinski definition) is 1. The van der Waals surface area contributed by atoms with Crippen LogP contribution in [0, 0.1) is 12.3 Å². The lowest BCUT2D eigenvalue weighted by Crippen LogP contribution is -2.55. The van der Waals surface area contributed by atoms with E-state index in [0.717, 1.165) is 6.54 Å². The average Bonchev–Trinajstić information content (AvgIpc) is 2.39. The molecular formula is C19H31N. The number of nitrogens with one attached hydrogen (secondary N) is 1. The van der Waals surface area contributed by atoms with E-state index in [4.69, 9.17) is 0 Å². The molecule has 0 aliphatic heterocycles. The summed E-state index contributed by atoms with van der Waals surface area (Å²) in [5.74, 6) is 0. The van der Waals surface area contributed by atoms with Crippen molar-refractivity contribution in [2.75, 3.05) is 6.54 Å². The Kier molecular flexibility index (Phi) is 4.59. The molecule has 0 bridgehead atoms. The van der Waals surface area contributed by atoms with Crippen LogP contribution in [0.1, 0.15) is 64.5 Å². The topological polar surface area (TPSA) is 12.0 Å². The van der Waals surface area contributed by atoms with E-state index in [0.29, 0.717) is 16.9 Å². The quantitative estimate of drug-likeness (QED) is 0.782. The summed E-state index contributed by atoms with van der Waals surface area (Å²) < 4.78 is 0. The van der Waals surface area contributed by atoms with E-state index in [1.807, 2.05) is 0 Å². The van der Waals surface area contributed by atoms with Gasteiger partial charge in [0.15, 0.2) is 0 Å². The zero-order chi connectivity index (χ0) is 14.8. The maximum atomic E-state index is 3.70. The molecule has 112 valence electrons. The summed E-state index contributed by atoms with van der Waals surface area (Å²) in [7, 11) is 0. The number of aryl methyl sites for hydroxylation is 1. The van der Waals surface area contributed by atoms with Gasteiger partial charge in [0.05, 0.1) is 0 Å². The maximum Gasteiger partial charge on any atom is 0.00910 e. The third kappa shape index (κ3) is 2.79. The van der Waals surface area contributed by atoms with E-state index in [1.54, 1.807) is 5.56 Å². The molecule has 0 amide bonds. The van der Waals surface area contributed by atoms with Crippen LogP contribution >= 0.6 is 0 Å². The van der Waals surface area contributed by atoms with Crippen molar-refractivity contribution in [2.24, 2.45) is 5.41 Å². The molecule has 1 N–H and O–H groups in total. The zero-order valence-corrected chi connectivity index (χ0v) is 13.9. The molecule has 0 aromatic heterocycles. The second-order valence-corrected chi connectivity index (χ2v) is 7.19. The molecule has 0 heterocycles. The van der Waals surface area contributed by atoms with E-state index < -0.39 is 0 Å². The Bertz CT molecular complexity index is 435. The van der Waals surface area contributed by atoms with Crippen LogP contribution in [0.3, 0.4) is 0 Å². The molecular weight excluding hydrogens is 242 g/mol. The van der Waals surface area contributed by atoms with Crippen molar-refractivity contribution in [1.29, 1.82) is 0 Å². The summed E-state index contributed by atoms with van der Waals surface area (Å²) in [6, 6.07) is 9.55. The molecule has 1 aliphatic rings. The molecule has 1 saturated carbocycles. The minimum absolute atomic E-state index is 0.363. The van der Waals surface area contributed by atoms with Crippen LogP contribution in [-0.4, -0.2) is 12.6 Å². The van der Waals surface area contributed by atoms with E-state index in [9.17, 15) is 0 Å². The van der Waals surface area contributed by atoms with Crippen LogP contribution in [0.25, 0.3) is 0 Å². The van der Waals surface area contributed by atoms with Crippen LogP contribution in [0.4, 0.5) is 0 Å². The minimum atomic E-state index is 0.363. The fourth-order valence-electron chi connectivity index (χ4n) is 4.11. The molecule has 20 heavy (non-hydrogen) atoms. The Hall–Kier alpha value is -0.820.